The van der Waals surface area contributed by atoms with Crippen LogP contribution in [0.3, 0.4) is 0 Å². The fourth-order valence-electron chi connectivity index (χ4n) is 4.38. The van der Waals surface area contributed by atoms with Crippen LogP contribution in [0.5, 0.6) is 0 Å². The molecule has 0 fully saturated rings. The molecule has 0 heterocycles. The third kappa shape index (κ3) is 4.12. The highest BCUT2D eigenvalue weighted by Gasteiger charge is 2.20. The van der Waals surface area contributed by atoms with Crippen molar-refractivity contribution in [2.45, 2.75) is 51.4 Å². The van der Waals surface area contributed by atoms with E-state index in [0.717, 1.165) is 25.7 Å². The smallest absolute Gasteiger partial charge is 0.0118 e. The number of rotatable bonds is 6. The molecule has 28 heavy (non-hydrogen) atoms. The summed E-state index contributed by atoms with van der Waals surface area (Å²) in [5.74, 6) is 0.649. The quantitative estimate of drug-likeness (QED) is 0.401. The summed E-state index contributed by atoms with van der Waals surface area (Å²) in [5.41, 5.74) is 10.1. The van der Waals surface area contributed by atoms with E-state index in [-0.39, 0.29) is 0 Å². The molecule has 3 aromatic rings. The summed E-state index contributed by atoms with van der Waals surface area (Å²) >= 11 is 0. The molecule has 0 spiro atoms. The van der Waals surface area contributed by atoms with Crippen molar-refractivity contribution in [2.75, 3.05) is 0 Å². The molecule has 0 bridgehead atoms. The lowest BCUT2D eigenvalue weighted by Crippen LogP contribution is -2.13. The van der Waals surface area contributed by atoms with Crippen molar-refractivity contribution < 1.29 is 0 Å². The van der Waals surface area contributed by atoms with Gasteiger partial charge in [-0.2, -0.15) is 0 Å². The number of aryl methyl sites for hydroxylation is 3. The highest BCUT2D eigenvalue weighted by atomic mass is 14.2. The Morgan fingerprint density at radius 2 is 1.57 bits per heavy atom. The summed E-state index contributed by atoms with van der Waals surface area (Å²) in [6.45, 7) is 6.03. The molecule has 0 nitrogen and oxygen atoms in total. The van der Waals surface area contributed by atoms with E-state index in [1.807, 2.05) is 6.08 Å². The van der Waals surface area contributed by atoms with Crippen LogP contribution in [0.15, 0.2) is 79.4 Å². The molecule has 0 saturated heterocycles. The van der Waals surface area contributed by atoms with Crippen LogP contribution < -0.4 is 0 Å². The average Bonchev–Trinajstić information content (AvgIpc) is 2.77. The Morgan fingerprint density at radius 3 is 2.29 bits per heavy atom. The van der Waals surface area contributed by atoms with Crippen molar-refractivity contribution in [1.82, 2.24) is 0 Å². The molecule has 0 radical (unpaired) electrons. The molecule has 0 aliphatic heterocycles. The first-order valence-corrected chi connectivity index (χ1v) is 10.7. The predicted octanol–water partition coefficient (Wildman–Crippen LogP) is 7.31. The minimum absolute atomic E-state index is 0.649. The third-order valence-corrected chi connectivity index (χ3v) is 6.22. The molecule has 4 rings (SSSR count). The van der Waals surface area contributed by atoms with Gasteiger partial charge in [0.1, 0.15) is 0 Å². The van der Waals surface area contributed by atoms with E-state index in [1.54, 1.807) is 0 Å². The minimum Gasteiger partial charge on any atom is -0.103 e. The third-order valence-electron chi connectivity index (χ3n) is 6.22. The first-order valence-electron chi connectivity index (χ1n) is 10.7. The second-order valence-corrected chi connectivity index (χ2v) is 8.04. The summed E-state index contributed by atoms with van der Waals surface area (Å²) in [6.07, 6.45) is 8.84. The Bertz CT molecular complexity index is 929. The fourth-order valence-corrected chi connectivity index (χ4v) is 4.38. The molecule has 0 aromatic heterocycles. The highest BCUT2D eigenvalue weighted by Crippen LogP contribution is 2.35. The van der Waals surface area contributed by atoms with E-state index in [4.69, 9.17) is 0 Å². The van der Waals surface area contributed by atoms with Gasteiger partial charge in [-0.15, -0.1) is 6.58 Å². The summed E-state index contributed by atoms with van der Waals surface area (Å²) in [4.78, 5) is 0. The van der Waals surface area contributed by atoms with E-state index >= 15 is 0 Å². The van der Waals surface area contributed by atoms with Crippen LogP contribution in [0.1, 0.15) is 53.5 Å². The van der Waals surface area contributed by atoms with Gasteiger partial charge in [-0.1, -0.05) is 79.7 Å². The van der Waals surface area contributed by atoms with E-state index < -0.39 is 0 Å². The zero-order valence-electron chi connectivity index (χ0n) is 17.0. The van der Waals surface area contributed by atoms with Gasteiger partial charge in [-0.05, 0) is 83.4 Å². The van der Waals surface area contributed by atoms with E-state index in [2.05, 4.69) is 80.2 Å². The van der Waals surface area contributed by atoms with Crippen molar-refractivity contribution in [3.8, 4) is 11.1 Å². The lowest BCUT2D eigenvalue weighted by molar-refractivity contribution is 0.585. The first kappa shape index (κ1) is 18.7. The van der Waals surface area contributed by atoms with Crippen molar-refractivity contribution >= 4 is 0 Å². The minimum atomic E-state index is 0.649. The molecule has 0 N–H and O–H groups in total. The average molecular weight is 367 g/mol. The van der Waals surface area contributed by atoms with Crippen LogP contribution in [0.25, 0.3) is 11.1 Å². The van der Waals surface area contributed by atoms with Crippen molar-refractivity contribution in [3.05, 3.63) is 107 Å². The van der Waals surface area contributed by atoms with Gasteiger partial charge in [0.2, 0.25) is 0 Å². The highest BCUT2D eigenvalue weighted by molar-refractivity contribution is 5.65. The SMILES string of the molecule is C=CCCc1ccc(C2CCc3cc(-c4ccc(CC)cc4)ccc3C2)cc1. The molecule has 1 atom stereocenters. The molecule has 3 aromatic carbocycles. The monoisotopic (exact) mass is 366 g/mol. The molecular formula is C28H30. The molecule has 142 valence electrons. The van der Waals surface area contributed by atoms with Gasteiger partial charge in [-0.25, -0.2) is 0 Å². The maximum atomic E-state index is 3.82. The topological polar surface area (TPSA) is 0 Å². The number of benzene rings is 3. The Labute approximate surface area is 169 Å². The lowest BCUT2D eigenvalue weighted by Gasteiger charge is -2.26. The molecule has 1 aliphatic carbocycles. The van der Waals surface area contributed by atoms with E-state index in [0.29, 0.717) is 5.92 Å². The normalized spacial score (nSPS) is 15.8. The molecular weight excluding hydrogens is 336 g/mol. The number of fused-ring (bicyclic) bond motifs is 1. The molecule has 0 saturated carbocycles. The maximum absolute atomic E-state index is 3.82. The van der Waals surface area contributed by atoms with Crippen molar-refractivity contribution in [3.63, 3.8) is 0 Å². The van der Waals surface area contributed by atoms with Crippen LogP contribution in [0.4, 0.5) is 0 Å². The van der Waals surface area contributed by atoms with Gasteiger partial charge in [-0.3, -0.25) is 0 Å². The van der Waals surface area contributed by atoms with Crippen molar-refractivity contribution in [1.29, 1.82) is 0 Å². The van der Waals surface area contributed by atoms with Gasteiger partial charge >= 0.3 is 0 Å². The summed E-state index contributed by atoms with van der Waals surface area (Å²) in [5, 5.41) is 0. The Balaban J connectivity index is 1.49. The zero-order valence-corrected chi connectivity index (χ0v) is 17.0. The Kier molecular flexibility index (Phi) is 5.76. The van der Waals surface area contributed by atoms with Gasteiger partial charge < -0.3 is 0 Å². The second-order valence-electron chi connectivity index (χ2n) is 8.04. The molecule has 0 heteroatoms. The van der Waals surface area contributed by atoms with Gasteiger partial charge in [0.15, 0.2) is 0 Å². The predicted molar refractivity (Wildman–Crippen MR) is 121 cm³/mol. The van der Waals surface area contributed by atoms with Gasteiger partial charge in [0.25, 0.3) is 0 Å². The number of hydrogen-bond acceptors (Lipinski definition) is 0. The first-order chi connectivity index (χ1) is 13.8. The zero-order chi connectivity index (χ0) is 19.3. The van der Waals surface area contributed by atoms with Crippen LogP contribution in [0.2, 0.25) is 0 Å². The molecule has 1 unspecified atom stereocenters. The van der Waals surface area contributed by atoms with E-state index in [9.17, 15) is 0 Å². The number of hydrogen-bond donors (Lipinski definition) is 0. The maximum Gasteiger partial charge on any atom is -0.0118 e. The summed E-state index contributed by atoms with van der Waals surface area (Å²) in [7, 11) is 0. The van der Waals surface area contributed by atoms with Crippen LogP contribution in [0, 0.1) is 0 Å². The van der Waals surface area contributed by atoms with E-state index in [1.165, 1.54) is 51.8 Å². The van der Waals surface area contributed by atoms with Crippen LogP contribution in [-0.2, 0) is 25.7 Å². The second kappa shape index (κ2) is 8.61. The van der Waals surface area contributed by atoms with Crippen LogP contribution in [-0.4, -0.2) is 0 Å². The number of allylic oxidation sites excluding steroid dienone is 1. The van der Waals surface area contributed by atoms with Gasteiger partial charge in [0.05, 0.1) is 0 Å². The molecule has 0 amide bonds. The standard InChI is InChI=1S/C28H30/c1-3-5-6-22-9-13-24(14-10-22)26-16-18-27-19-25(15-17-28(27)20-26)23-11-7-21(4-2)8-12-23/h3,7-15,17,19,26H,1,4-6,16,18,20H2,2H3. The van der Waals surface area contributed by atoms with Gasteiger partial charge in [0, 0.05) is 0 Å². The fraction of sp³-hybridized carbons (Fsp3) is 0.286. The summed E-state index contributed by atoms with van der Waals surface area (Å²) in [6, 6.07) is 25.4. The largest absolute Gasteiger partial charge is 0.103 e. The Hall–Kier alpha value is -2.60. The van der Waals surface area contributed by atoms with Crippen molar-refractivity contribution in [2.24, 2.45) is 0 Å². The van der Waals surface area contributed by atoms with Crippen LogP contribution >= 0.6 is 0 Å². The Morgan fingerprint density at radius 1 is 0.857 bits per heavy atom. The lowest BCUT2D eigenvalue weighted by atomic mass is 9.79. The molecule has 1 aliphatic rings. The summed E-state index contributed by atoms with van der Waals surface area (Å²) < 4.78 is 0.